The number of nitrogens with two attached hydrogens (primary N) is 2. The second-order valence-corrected chi connectivity index (χ2v) is 14.4. The van der Waals surface area contributed by atoms with Crippen LogP contribution < -0.4 is 20.9 Å². The van der Waals surface area contributed by atoms with Crippen LogP contribution in [0.1, 0.15) is 49.9 Å². The molecule has 0 radical (unpaired) electrons. The predicted molar refractivity (Wildman–Crippen MR) is 216 cm³/mol. The largest absolute Gasteiger partial charge is 0.457 e. The van der Waals surface area contributed by atoms with E-state index in [-0.39, 0.29) is 10.8 Å². The van der Waals surface area contributed by atoms with E-state index in [9.17, 15) is 0 Å². The quantitative estimate of drug-likeness (QED) is 0.141. The van der Waals surface area contributed by atoms with Gasteiger partial charge in [-0.2, -0.15) is 0 Å². The van der Waals surface area contributed by atoms with Gasteiger partial charge in [0, 0.05) is 22.2 Å². The van der Waals surface area contributed by atoms with E-state index < -0.39 is 0 Å². The fourth-order valence-electron chi connectivity index (χ4n) is 6.57. The first kappa shape index (κ1) is 34.2. The molecule has 7 aromatic carbocycles. The lowest BCUT2D eigenvalue weighted by molar-refractivity contribution is 0.481. The summed E-state index contributed by atoms with van der Waals surface area (Å²) in [7, 11) is 0. The van der Waals surface area contributed by atoms with Gasteiger partial charge < -0.3 is 20.9 Å². The lowest BCUT2D eigenvalue weighted by atomic mass is 9.74. The van der Waals surface area contributed by atoms with Crippen molar-refractivity contribution in [1.29, 1.82) is 0 Å². The summed E-state index contributed by atoms with van der Waals surface area (Å²) in [6.07, 6.45) is 0. The normalized spacial score (nSPS) is 11.6. The van der Waals surface area contributed by atoms with Gasteiger partial charge in [-0.25, -0.2) is 0 Å². The molecule has 0 bridgehead atoms. The highest BCUT2D eigenvalue weighted by Gasteiger charge is 2.27. The minimum absolute atomic E-state index is 0.186. The summed E-state index contributed by atoms with van der Waals surface area (Å²) in [5.41, 5.74) is 22.3. The maximum Gasteiger partial charge on any atom is 0.127 e. The van der Waals surface area contributed by atoms with Crippen LogP contribution in [0.4, 0.5) is 11.4 Å². The van der Waals surface area contributed by atoms with Crippen molar-refractivity contribution in [3.63, 3.8) is 0 Å². The Bertz CT molecular complexity index is 2070. The Morgan fingerprint density at radius 2 is 0.481 bits per heavy atom. The van der Waals surface area contributed by atoms with Crippen molar-refractivity contribution in [1.82, 2.24) is 0 Å². The molecule has 0 amide bonds. The van der Waals surface area contributed by atoms with Gasteiger partial charge in [-0.3, -0.25) is 0 Å². The van der Waals surface area contributed by atoms with Crippen LogP contribution in [0.15, 0.2) is 170 Å². The van der Waals surface area contributed by atoms with E-state index in [4.69, 9.17) is 20.9 Å². The molecule has 0 atom stereocenters. The highest BCUT2D eigenvalue weighted by molar-refractivity contribution is 5.67. The topological polar surface area (TPSA) is 70.5 Å². The van der Waals surface area contributed by atoms with Crippen LogP contribution in [-0.4, -0.2) is 0 Å². The summed E-state index contributed by atoms with van der Waals surface area (Å²) in [4.78, 5) is 0. The monoisotopic (exact) mass is 680 g/mol. The molecular weight excluding hydrogens is 637 g/mol. The van der Waals surface area contributed by atoms with Gasteiger partial charge in [-0.15, -0.1) is 0 Å². The average Bonchev–Trinajstić information content (AvgIpc) is 3.17. The fraction of sp³-hybridized carbons (Fsp3) is 0.125. The van der Waals surface area contributed by atoms with Crippen LogP contribution >= 0.6 is 0 Å². The Morgan fingerprint density at radius 1 is 0.288 bits per heavy atom. The molecule has 4 N–H and O–H groups in total. The van der Waals surface area contributed by atoms with Crippen molar-refractivity contribution in [3.8, 4) is 45.3 Å². The van der Waals surface area contributed by atoms with Gasteiger partial charge in [-0.1, -0.05) is 125 Å². The first-order chi connectivity index (χ1) is 25.0. The number of benzene rings is 7. The molecule has 0 aliphatic rings. The third-order valence-corrected chi connectivity index (χ3v) is 10.1. The number of nitrogen functional groups attached to an aromatic ring is 2. The van der Waals surface area contributed by atoms with Gasteiger partial charge >= 0.3 is 0 Å². The maximum atomic E-state index is 6.19. The summed E-state index contributed by atoms with van der Waals surface area (Å²) in [6, 6.07) is 57.9. The maximum absolute atomic E-state index is 6.19. The third-order valence-electron chi connectivity index (χ3n) is 10.1. The lowest BCUT2D eigenvalue weighted by Gasteiger charge is -2.29. The molecule has 7 rings (SSSR count). The SMILES string of the molecule is CC(C)(c1ccc(Oc2ccc(-c3ccc(N)cc3)cc2)cc1)c1ccc(C(C)(C)c2ccc(Oc3ccc(-c4ccc(N)cc4)cc3)cc2)cc1. The summed E-state index contributed by atoms with van der Waals surface area (Å²) < 4.78 is 12.4. The molecule has 4 nitrogen and oxygen atoms in total. The molecule has 0 unspecified atom stereocenters. The molecule has 0 saturated heterocycles. The van der Waals surface area contributed by atoms with Crippen molar-refractivity contribution in [2.24, 2.45) is 0 Å². The number of ether oxygens (including phenoxy) is 2. The molecule has 0 saturated carbocycles. The molecule has 0 spiro atoms. The van der Waals surface area contributed by atoms with Gasteiger partial charge in [0.15, 0.2) is 0 Å². The summed E-state index contributed by atoms with van der Waals surface area (Å²) in [5, 5.41) is 0. The Labute approximate surface area is 307 Å². The van der Waals surface area contributed by atoms with Gasteiger partial charge in [0.2, 0.25) is 0 Å². The van der Waals surface area contributed by atoms with Crippen LogP contribution in [0, 0.1) is 0 Å². The van der Waals surface area contributed by atoms with E-state index in [1.165, 1.54) is 22.3 Å². The molecule has 0 aliphatic heterocycles. The van der Waals surface area contributed by atoms with E-state index in [0.717, 1.165) is 56.6 Å². The Balaban J connectivity index is 0.981. The standard InChI is InChI=1S/C48H44N2O2/c1-47(2,39-17-29-45(30-18-39)51-43-25-9-35(10-26-43)33-5-21-41(49)22-6-33)37-13-15-38(16-14-37)48(3,4)40-19-31-46(32-20-40)52-44-27-11-36(12-28-44)34-7-23-42(50)24-8-34/h5-32H,49-50H2,1-4H3. The molecule has 258 valence electrons. The highest BCUT2D eigenvalue weighted by atomic mass is 16.5. The Morgan fingerprint density at radius 3 is 0.731 bits per heavy atom. The summed E-state index contributed by atoms with van der Waals surface area (Å²) >= 11 is 0. The van der Waals surface area contributed by atoms with Crippen LogP contribution in [-0.2, 0) is 10.8 Å². The van der Waals surface area contributed by atoms with Crippen molar-refractivity contribution < 1.29 is 9.47 Å². The summed E-state index contributed by atoms with van der Waals surface area (Å²) in [5.74, 6) is 3.21. The van der Waals surface area contributed by atoms with Gasteiger partial charge in [0.1, 0.15) is 23.0 Å². The van der Waals surface area contributed by atoms with Crippen molar-refractivity contribution in [3.05, 3.63) is 192 Å². The van der Waals surface area contributed by atoms with E-state index >= 15 is 0 Å². The first-order valence-corrected chi connectivity index (χ1v) is 17.6. The van der Waals surface area contributed by atoms with Crippen molar-refractivity contribution in [2.45, 2.75) is 38.5 Å². The molecule has 0 aromatic heterocycles. The predicted octanol–water partition coefficient (Wildman–Crippen LogP) is 12.4. The average molecular weight is 681 g/mol. The van der Waals surface area contributed by atoms with E-state index in [0.29, 0.717) is 0 Å². The molecule has 4 heteroatoms. The minimum atomic E-state index is -0.186. The van der Waals surface area contributed by atoms with Crippen molar-refractivity contribution >= 4 is 11.4 Å². The first-order valence-electron chi connectivity index (χ1n) is 17.6. The van der Waals surface area contributed by atoms with Gasteiger partial charge in [0.25, 0.3) is 0 Å². The third kappa shape index (κ3) is 7.42. The Hall–Kier alpha value is -6.26. The molecule has 0 heterocycles. The number of rotatable bonds is 10. The van der Waals surface area contributed by atoms with E-state index in [1.807, 2.05) is 97.1 Å². The second-order valence-electron chi connectivity index (χ2n) is 14.4. The van der Waals surface area contributed by atoms with E-state index in [1.54, 1.807) is 0 Å². The second kappa shape index (κ2) is 14.2. The van der Waals surface area contributed by atoms with Crippen LogP contribution in [0.5, 0.6) is 23.0 Å². The zero-order valence-electron chi connectivity index (χ0n) is 30.1. The van der Waals surface area contributed by atoms with Crippen LogP contribution in [0.25, 0.3) is 22.3 Å². The molecular formula is C48H44N2O2. The summed E-state index contributed by atoms with van der Waals surface area (Å²) in [6.45, 7) is 9.07. The zero-order chi connectivity index (χ0) is 36.3. The van der Waals surface area contributed by atoms with Crippen LogP contribution in [0.2, 0.25) is 0 Å². The van der Waals surface area contributed by atoms with E-state index in [2.05, 4.69) is 100 Å². The molecule has 0 aliphatic carbocycles. The Kier molecular flexibility index (Phi) is 9.32. The zero-order valence-corrected chi connectivity index (χ0v) is 30.1. The number of anilines is 2. The number of hydrogen-bond acceptors (Lipinski definition) is 4. The fourth-order valence-corrected chi connectivity index (χ4v) is 6.57. The van der Waals surface area contributed by atoms with Crippen LogP contribution in [0.3, 0.4) is 0 Å². The smallest absolute Gasteiger partial charge is 0.127 e. The van der Waals surface area contributed by atoms with Gasteiger partial charge in [0.05, 0.1) is 0 Å². The molecule has 0 fully saturated rings. The lowest BCUT2D eigenvalue weighted by Crippen LogP contribution is -2.21. The number of hydrogen-bond donors (Lipinski definition) is 2. The van der Waals surface area contributed by atoms with Gasteiger partial charge in [-0.05, 0) is 117 Å². The molecule has 7 aromatic rings. The van der Waals surface area contributed by atoms with Crippen molar-refractivity contribution in [2.75, 3.05) is 11.5 Å². The minimum Gasteiger partial charge on any atom is -0.457 e. The highest BCUT2D eigenvalue weighted by Crippen LogP contribution is 2.38. The molecule has 52 heavy (non-hydrogen) atoms.